The molecule has 2 amide bonds. The van der Waals surface area contributed by atoms with Crippen LogP contribution in [0.1, 0.15) is 79.1 Å². The molecule has 9 heteroatoms. The van der Waals surface area contributed by atoms with Crippen LogP contribution in [0, 0.1) is 5.92 Å². The summed E-state index contributed by atoms with van der Waals surface area (Å²) in [4.78, 5) is 30.8. The average Bonchev–Trinajstić information content (AvgIpc) is 3.26. The molecule has 1 aromatic heterocycles. The monoisotopic (exact) mass is 554 g/mol. The van der Waals surface area contributed by atoms with Crippen molar-refractivity contribution in [1.82, 2.24) is 20.2 Å². The predicted molar refractivity (Wildman–Crippen MR) is 152 cm³/mol. The summed E-state index contributed by atoms with van der Waals surface area (Å²) in [6.45, 7) is 5.99. The molecule has 0 radical (unpaired) electrons. The summed E-state index contributed by atoms with van der Waals surface area (Å²) in [5.74, 6) is 0.0116. The van der Waals surface area contributed by atoms with Crippen LogP contribution in [0.3, 0.4) is 0 Å². The van der Waals surface area contributed by atoms with Crippen molar-refractivity contribution in [3.8, 4) is 0 Å². The van der Waals surface area contributed by atoms with Crippen molar-refractivity contribution in [3.63, 3.8) is 0 Å². The third kappa shape index (κ3) is 7.91. The van der Waals surface area contributed by atoms with Gasteiger partial charge in [-0.1, -0.05) is 87.7 Å². The van der Waals surface area contributed by atoms with Gasteiger partial charge in [-0.05, 0) is 35.6 Å². The Hall–Kier alpha value is -3.20. The minimum Gasteiger partial charge on any atom is -0.394 e. The normalized spacial score (nSPS) is 13.5. The molecular formula is C30H39ClN4O4. The zero-order valence-electron chi connectivity index (χ0n) is 22.9. The number of aliphatic hydroxyl groups excluding tert-OH is 2. The number of carbonyl (C=O) groups is 2. The third-order valence-electron chi connectivity index (χ3n) is 7.05. The topological polar surface area (TPSA) is 116 Å². The first-order valence-electron chi connectivity index (χ1n) is 13.5. The lowest BCUT2D eigenvalue weighted by atomic mass is 9.97. The second-order valence-electron chi connectivity index (χ2n) is 9.80. The lowest BCUT2D eigenvalue weighted by Crippen LogP contribution is -2.51. The predicted octanol–water partition coefficient (Wildman–Crippen LogP) is 4.41. The molecule has 0 aliphatic heterocycles. The number of benzene rings is 2. The van der Waals surface area contributed by atoms with E-state index in [1.165, 1.54) is 0 Å². The van der Waals surface area contributed by atoms with Crippen LogP contribution in [-0.2, 0) is 24.4 Å². The number of nitrogens with zero attached hydrogens (tertiary/aromatic N) is 2. The molecule has 3 aromatic rings. The van der Waals surface area contributed by atoms with Crippen molar-refractivity contribution in [2.75, 3.05) is 6.61 Å². The summed E-state index contributed by atoms with van der Waals surface area (Å²) in [5, 5.41) is 25.8. The Morgan fingerprint density at radius 3 is 2.31 bits per heavy atom. The van der Waals surface area contributed by atoms with Gasteiger partial charge >= 0.3 is 0 Å². The quantitative estimate of drug-likeness (QED) is 0.235. The molecule has 8 nitrogen and oxygen atoms in total. The van der Waals surface area contributed by atoms with Crippen LogP contribution in [0.15, 0.2) is 54.6 Å². The van der Waals surface area contributed by atoms with E-state index in [1.807, 2.05) is 60.9 Å². The van der Waals surface area contributed by atoms with Gasteiger partial charge in [0.15, 0.2) is 5.15 Å². The average molecular weight is 555 g/mol. The molecule has 0 saturated heterocycles. The van der Waals surface area contributed by atoms with Crippen LogP contribution in [0.25, 0.3) is 0 Å². The molecule has 0 aliphatic carbocycles. The van der Waals surface area contributed by atoms with Crippen molar-refractivity contribution in [1.29, 1.82) is 0 Å². The molecule has 0 saturated carbocycles. The van der Waals surface area contributed by atoms with Crippen molar-refractivity contribution < 1.29 is 19.8 Å². The zero-order chi connectivity index (χ0) is 28.4. The summed E-state index contributed by atoms with van der Waals surface area (Å²) in [5.41, 5.74) is 2.72. The Morgan fingerprint density at radius 2 is 1.72 bits per heavy atom. The van der Waals surface area contributed by atoms with Crippen LogP contribution in [-0.4, -0.2) is 44.2 Å². The number of carbonyl (C=O) groups excluding carboxylic acids is 2. The highest BCUT2D eigenvalue weighted by molar-refractivity contribution is 6.30. The number of imidazole rings is 1. The lowest BCUT2D eigenvalue weighted by Gasteiger charge is -2.26. The van der Waals surface area contributed by atoms with Gasteiger partial charge in [0.05, 0.1) is 24.9 Å². The maximum atomic E-state index is 13.2. The van der Waals surface area contributed by atoms with Crippen molar-refractivity contribution in [2.45, 2.75) is 71.7 Å². The maximum Gasteiger partial charge on any atom is 0.251 e. The van der Waals surface area contributed by atoms with Gasteiger partial charge in [0.25, 0.3) is 5.91 Å². The highest BCUT2D eigenvalue weighted by Gasteiger charge is 2.28. The molecule has 4 N–H and O–H groups in total. The molecule has 0 spiro atoms. The van der Waals surface area contributed by atoms with E-state index in [9.17, 15) is 19.8 Å². The number of hydrogen-bond donors (Lipinski definition) is 4. The fourth-order valence-electron chi connectivity index (χ4n) is 4.42. The fourth-order valence-corrected chi connectivity index (χ4v) is 4.68. The zero-order valence-corrected chi connectivity index (χ0v) is 23.6. The SMILES string of the molecule is CCCCc1nc(Cl)c(CO)n1Cc1ccc(C(=O)N[C@H](C(=O)N[C@H](CO)c2ccccc2)[C@@H](C)CC)cc1. The fraction of sp³-hybridized carbons (Fsp3) is 0.433. The van der Waals surface area contributed by atoms with E-state index in [-0.39, 0.29) is 30.9 Å². The number of amides is 2. The standard InChI is InChI=1S/C30H39ClN4O4/c1-4-6-12-26-33-28(31)25(19-37)35(26)17-21-13-15-23(16-14-21)29(38)34-27(20(3)5-2)30(39)32-24(18-36)22-10-8-7-9-11-22/h7-11,13-16,20,24,27,36-37H,4-6,12,17-19H2,1-3H3,(H,32,39)(H,34,38)/t20-,24+,27-/m0/s1. The lowest BCUT2D eigenvalue weighted by molar-refractivity contribution is -0.125. The summed E-state index contributed by atoms with van der Waals surface area (Å²) in [7, 11) is 0. The van der Waals surface area contributed by atoms with Gasteiger partial charge in [-0.15, -0.1) is 0 Å². The number of unbranched alkanes of at least 4 members (excludes halogenated alkanes) is 1. The van der Waals surface area contributed by atoms with Crippen LogP contribution in [0.5, 0.6) is 0 Å². The molecular weight excluding hydrogens is 516 g/mol. The smallest absolute Gasteiger partial charge is 0.251 e. The highest BCUT2D eigenvalue weighted by Crippen LogP contribution is 2.21. The van der Waals surface area contributed by atoms with E-state index in [4.69, 9.17) is 11.6 Å². The molecule has 0 fully saturated rings. The summed E-state index contributed by atoms with van der Waals surface area (Å²) in [6, 6.07) is 15.1. The van der Waals surface area contributed by atoms with E-state index in [2.05, 4.69) is 22.5 Å². The molecule has 39 heavy (non-hydrogen) atoms. The summed E-state index contributed by atoms with van der Waals surface area (Å²) in [6.07, 6.45) is 3.43. The maximum absolute atomic E-state index is 13.2. The molecule has 3 rings (SSSR count). The van der Waals surface area contributed by atoms with E-state index in [1.54, 1.807) is 12.1 Å². The van der Waals surface area contributed by atoms with E-state index in [0.717, 1.165) is 36.2 Å². The first kappa shape index (κ1) is 30.3. The van der Waals surface area contributed by atoms with Crippen LogP contribution >= 0.6 is 11.6 Å². The first-order valence-corrected chi connectivity index (χ1v) is 13.9. The van der Waals surface area contributed by atoms with Gasteiger partial charge in [0, 0.05) is 18.5 Å². The van der Waals surface area contributed by atoms with Crippen molar-refractivity contribution in [2.24, 2.45) is 5.92 Å². The number of aliphatic hydroxyl groups is 2. The number of aromatic nitrogens is 2. The Morgan fingerprint density at radius 1 is 1.03 bits per heavy atom. The Kier molecular flexibility index (Phi) is 11.5. The molecule has 0 unspecified atom stereocenters. The molecule has 0 aliphatic rings. The van der Waals surface area contributed by atoms with E-state index < -0.39 is 12.1 Å². The molecule has 2 aromatic carbocycles. The Labute approximate surface area is 235 Å². The van der Waals surface area contributed by atoms with Gasteiger partial charge in [-0.25, -0.2) is 4.98 Å². The van der Waals surface area contributed by atoms with Crippen LogP contribution in [0.2, 0.25) is 5.15 Å². The van der Waals surface area contributed by atoms with E-state index in [0.29, 0.717) is 29.4 Å². The highest BCUT2D eigenvalue weighted by atomic mass is 35.5. The molecule has 3 atom stereocenters. The second-order valence-corrected chi connectivity index (χ2v) is 10.2. The third-order valence-corrected chi connectivity index (χ3v) is 7.35. The summed E-state index contributed by atoms with van der Waals surface area (Å²) < 4.78 is 1.93. The molecule has 0 bridgehead atoms. The second kappa shape index (κ2) is 14.8. The van der Waals surface area contributed by atoms with Crippen LogP contribution < -0.4 is 10.6 Å². The minimum atomic E-state index is -0.763. The van der Waals surface area contributed by atoms with Crippen LogP contribution in [0.4, 0.5) is 0 Å². The summed E-state index contributed by atoms with van der Waals surface area (Å²) >= 11 is 6.26. The van der Waals surface area contributed by atoms with Crippen molar-refractivity contribution >= 4 is 23.4 Å². The van der Waals surface area contributed by atoms with Gasteiger partial charge in [0.2, 0.25) is 5.91 Å². The van der Waals surface area contributed by atoms with Gasteiger partial charge in [-0.3, -0.25) is 9.59 Å². The number of halogens is 1. The number of nitrogens with one attached hydrogen (secondary N) is 2. The largest absolute Gasteiger partial charge is 0.394 e. The number of hydrogen-bond acceptors (Lipinski definition) is 5. The minimum absolute atomic E-state index is 0.118. The first-order chi connectivity index (χ1) is 18.8. The Bertz CT molecular complexity index is 1210. The number of rotatable bonds is 14. The van der Waals surface area contributed by atoms with Crippen molar-refractivity contribution in [3.05, 3.63) is 88.0 Å². The van der Waals surface area contributed by atoms with Gasteiger partial charge in [-0.2, -0.15) is 0 Å². The number of aryl methyl sites for hydroxylation is 1. The molecule has 1 heterocycles. The van der Waals surface area contributed by atoms with E-state index >= 15 is 0 Å². The Balaban J connectivity index is 1.72. The van der Waals surface area contributed by atoms with Gasteiger partial charge < -0.3 is 25.4 Å². The van der Waals surface area contributed by atoms with Gasteiger partial charge in [0.1, 0.15) is 11.9 Å². The molecule has 210 valence electrons.